The zero-order valence-electron chi connectivity index (χ0n) is 17.7. The van der Waals surface area contributed by atoms with Gasteiger partial charge in [0.2, 0.25) is 0 Å². The molecule has 0 fully saturated rings. The molecule has 0 amide bonds. The number of hydrogen-bond acceptors (Lipinski definition) is 3. The first kappa shape index (κ1) is 23.9. The van der Waals surface area contributed by atoms with Crippen molar-refractivity contribution in [3.63, 3.8) is 0 Å². The highest BCUT2D eigenvalue weighted by atomic mass is 16.5. The van der Waals surface area contributed by atoms with Crippen LogP contribution in [0.4, 0.5) is 0 Å². The molecule has 24 heavy (non-hydrogen) atoms. The maximum Gasteiger partial charge on any atom is 0.101 e. The molecule has 0 heterocycles. The lowest BCUT2D eigenvalue weighted by Gasteiger charge is -2.23. The van der Waals surface area contributed by atoms with Crippen LogP contribution in [0.25, 0.3) is 0 Å². The van der Waals surface area contributed by atoms with Crippen LogP contribution >= 0.6 is 0 Å². The number of aliphatic hydroxyl groups is 1. The fourth-order valence-corrected chi connectivity index (χ4v) is 3.35. The first-order chi connectivity index (χ1) is 10.9. The first-order valence-electron chi connectivity index (χ1n) is 9.72. The Hall–Kier alpha value is -0.120. The van der Waals surface area contributed by atoms with Crippen LogP contribution in [-0.2, 0) is 9.47 Å². The van der Waals surface area contributed by atoms with Crippen molar-refractivity contribution in [1.29, 1.82) is 0 Å². The normalized spacial score (nSPS) is 16.9. The summed E-state index contributed by atoms with van der Waals surface area (Å²) in [6.07, 6.45) is 3.99. The van der Waals surface area contributed by atoms with Gasteiger partial charge >= 0.3 is 0 Å². The molecular weight excluding hydrogens is 300 g/mol. The van der Waals surface area contributed by atoms with Gasteiger partial charge in [0.25, 0.3) is 0 Å². The van der Waals surface area contributed by atoms with E-state index in [9.17, 15) is 5.11 Å². The van der Waals surface area contributed by atoms with Crippen LogP contribution < -0.4 is 0 Å². The molecule has 0 aliphatic heterocycles. The number of aliphatic hydroxyl groups excluding tert-OH is 1. The Bertz CT molecular complexity index is 271. The summed E-state index contributed by atoms with van der Waals surface area (Å²) in [6, 6.07) is 0. The van der Waals surface area contributed by atoms with Gasteiger partial charge in [-0.1, -0.05) is 55.4 Å². The van der Waals surface area contributed by atoms with E-state index in [2.05, 4.69) is 55.4 Å². The Morgan fingerprint density at radius 1 is 0.708 bits per heavy atom. The third kappa shape index (κ3) is 16.7. The monoisotopic (exact) mass is 344 g/mol. The minimum absolute atomic E-state index is 0.372. The third-order valence-corrected chi connectivity index (χ3v) is 4.05. The van der Waals surface area contributed by atoms with Gasteiger partial charge < -0.3 is 14.6 Å². The van der Waals surface area contributed by atoms with Gasteiger partial charge in [-0.25, -0.2) is 0 Å². The molecule has 3 nitrogen and oxygen atoms in total. The Kier molecular flexibility index (Phi) is 11.4. The average Bonchev–Trinajstić information content (AvgIpc) is 2.35. The summed E-state index contributed by atoms with van der Waals surface area (Å²) in [5.74, 6) is 1.31. The molecule has 146 valence electrons. The van der Waals surface area contributed by atoms with Gasteiger partial charge in [0, 0.05) is 13.2 Å². The molecule has 0 radical (unpaired) electrons. The summed E-state index contributed by atoms with van der Waals surface area (Å²) < 4.78 is 11.2. The van der Waals surface area contributed by atoms with Crippen molar-refractivity contribution < 1.29 is 14.6 Å². The second kappa shape index (κ2) is 11.5. The average molecular weight is 345 g/mol. The molecule has 0 bridgehead atoms. The minimum atomic E-state index is -0.513. The van der Waals surface area contributed by atoms with E-state index in [0.717, 1.165) is 26.1 Å². The second-order valence-electron chi connectivity index (χ2n) is 10.1. The minimum Gasteiger partial charge on any atom is -0.388 e. The molecule has 1 N–H and O–H groups in total. The molecule has 2 atom stereocenters. The molecule has 0 aliphatic carbocycles. The fourth-order valence-electron chi connectivity index (χ4n) is 3.35. The Morgan fingerprint density at radius 2 is 1.04 bits per heavy atom. The maximum absolute atomic E-state index is 9.90. The van der Waals surface area contributed by atoms with Crippen molar-refractivity contribution in [3.05, 3.63) is 0 Å². The van der Waals surface area contributed by atoms with Gasteiger partial charge in [0.15, 0.2) is 0 Å². The topological polar surface area (TPSA) is 38.7 Å². The second-order valence-corrected chi connectivity index (χ2v) is 10.1. The van der Waals surface area contributed by atoms with Gasteiger partial charge in [-0.3, -0.25) is 0 Å². The van der Waals surface area contributed by atoms with Crippen molar-refractivity contribution in [3.8, 4) is 0 Å². The summed E-state index contributed by atoms with van der Waals surface area (Å²) in [7, 11) is 0. The Balaban J connectivity index is 3.58. The lowest BCUT2D eigenvalue weighted by atomic mass is 9.84. The molecule has 2 unspecified atom stereocenters. The highest BCUT2D eigenvalue weighted by Gasteiger charge is 2.16. The summed E-state index contributed by atoms with van der Waals surface area (Å²) in [6.45, 7) is 20.4. The van der Waals surface area contributed by atoms with E-state index in [1.807, 2.05) is 0 Å². The molecule has 3 heteroatoms. The summed E-state index contributed by atoms with van der Waals surface area (Å²) in [5.41, 5.74) is 0.744. The molecule has 0 aromatic heterocycles. The summed E-state index contributed by atoms with van der Waals surface area (Å²) >= 11 is 0. The largest absolute Gasteiger partial charge is 0.388 e. The quantitative estimate of drug-likeness (QED) is 0.488. The van der Waals surface area contributed by atoms with Crippen LogP contribution in [0.3, 0.4) is 0 Å². The number of ether oxygens (including phenoxy) is 2. The Morgan fingerprint density at radius 3 is 1.33 bits per heavy atom. The molecule has 0 saturated heterocycles. The molecule has 0 rings (SSSR count). The first-order valence-corrected chi connectivity index (χ1v) is 9.72. The van der Waals surface area contributed by atoms with E-state index in [1.165, 1.54) is 12.8 Å². The number of hydrogen-bond donors (Lipinski definition) is 1. The van der Waals surface area contributed by atoms with Crippen molar-refractivity contribution >= 4 is 0 Å². The van der Waals surface area contributed by atoms with Crippen molar-refractivity contribution in [1.82, 2.24) is 0 Å². The SMILES string of the molecule is CC(CCOCC(O)COCCC(C)CC(C)(C)C)CC(C)(C)C. The molecular formula is C21H44O3. The predicted molar refractivity (Wildman–Crippen MR) is 103 cm³/mol. The molecule has 0 aromatic carbocycles. The van der Waals surface area contributed by atoms with Crippen LogP contribution in [0.2, 0.25) is 0 Å². The smallest absolute Gasteiger partial charge is 0.101 e. The predicted octanol–water partition coefficient (Wildman–Crippen LogP) is 5.31. The van der Waals surface area contributed by atoms with Gasteiger partial charge in [-0.15, -0.1) is 0 Å². The zero-order valence-corrected chi connectivity index (χ0v) is 17.7. The van der Waals surface area contributed by atoms with Crippen LogP contribution in [0.1, 0.15) is 81.1 Å². The van der Waals surface area contributed by atoms with E-state index < -0.39 is 6.10 Å². The van der Waals surface area contributed by atoms with Crippen LogP contribution in [-0.4, -0.2) is 37.6 Å². The van der Waals surface area contributed by atoms with Crippen molar-refractivity contribution in [2.75, 3.05) is 26.4 Å². The zero-order chi connectivity index (χ0) is 18.8. The van der Waals surface area contributed by atoms with Crippen LogP contribution in [0, 0.1) is 22.7 Å². The maximum atomic E-state index is 9.90. The third-order valence-electron chi connectivity index (χ3n) is 4.05. The van der Waals surface area contributed by atoms with E-state index in [-0.39, 0.29) is 0 Å². The lowest BCUT2D eigenvalue weighted by Crippen LogP contribution is -2.23. The van der Waals surface area contributed by atoms with Gasteiger partial charge in [-0.05, 0) is 48.3 Å². The number of rotatable bonds is 12. The van der Waals surface area contributed by atoms with Gasteiger partial charge in [-0.2, -0.15) is 0 Å². The molecule has 0 saturated carbocycles. The highest BCUT2D eigenvalue weighted by molar-refractivity contribution is 4.67. The lowest BCUT2D eigenvalue weighted by molar-refractivity contribution is -0.0237. The van der Waals surface area contributed by atoms with E-state index in [4.69, 9.17) is 9.47 Å². The summed E-state index contributed by atoms with van der Waals surface area (Å²) in [4.78, 5) is 0. The van der Waals surface area contributed by atoms with Gasteiger partial charge in [0.1, 0.15) is 6.10 Å². The molecule has 0 aromatic rings. The van der Waals surface area contributed by atoms with E-state index >= 15 is 0 Å². The van der Waals surface area contributed by atoms with Gasteiger partial charge in [0.05, 0.1) is 13.2 Å². The van der Waals surface area contributed by atoms with Crippen molar-refractivity contribution in [2.45, 2.75) is 87.2 Å². The summed E-state index contributed by atoms with van der Waals surface area (Å²) in [5, 5.41) is 9.90. The molecule has 0 spiro atoms. The van der Waals surface area contributed by atoms with Crippen molar-refractivity contribution in [2.24, 2.45) is 22.7 Å². The standard InChI is InChI=1S/C21H44O3/c1-17(13-20(3,4)5)9-11-23-15-19(22)16-24-12-10-18(2)14-21(6,7)8/h17-19,22H,9-16H2,1-8H3. The highest BCUT2D eigenvalue weighted by Crippen LogP contribution is 2.26. The van der Waals surface area contributed by atoms with Crippen LogP contribution in [0.5, 0.6) is 0 Å². The fraction of sp³-hybridized carbons (Fsp3) is 1.00. The van der Waals surface area contributed by atoms with Crippen LogP contribution in [0.15, 0.2) is 0 Å². The van der Waals surface area contributed by atoms with E-state index in [0.29, 0.717) is 35.9 Å². The van der Waals surface area contributed by atoms with E-state index in [1.54, 1.807) is 0 Å². The Labute approximate surface area is 151 Å². The molecule has 0 aliphatic rings.